The molecular weight excluding hydrogens is 317 g/mol. The summed E-state index contributed by atoms with van der Waals surface area (Å²) in [7, 11) is 0. The molecule has 0 radical (unpaired) electrons. The summed E-state index contributed by atoms with van der Waals surface area (Å²) in [5, 5.41) is 0. The van der Waals surface area contributed by atoms with Crippen molar-refractivity contribution in [2.45, 2.75) is 38.8 Å². The number of fused-ring (bicyclic) bond motifs is 1. The number of aryl methyl sites for hydroxylation is 1. The highest BCUT2D eigenvalue weighted by Gasteiger charge is 2.23. The number of benzene rings is 1. The van der Waals surface area contributed by atoms with Crippen LogP contribution in [-0.2, 0) is 13.1 Å². The molecule has 0 spiro atoms. The van der Waals surface area contributed by atoms with Gasteiger partial charge in [0.1, 0.15) is 11.3 Å². The van der Waals surface area contributed by atoms with Gasteiger partial charge in [0, 0.05) is 31.1 Å². The summed E-state index contributed by atoms with van der Waals surface area (Å²) >= 11 is 0. The molecule has 1 fully saturated rings. The summed E-state index contributed by atoms with van der Waals surface area (Å²) in [6.45, 7) is 5.63. The van der Waals surface area contributed by atoms with Crippen molar-refractivity contribution in [2.75, 3.05) is 13.1 Å². The van der Waals surface area contributed by atoms with Crippen LogP contribution in [0.1, 0.15) is 37.2 Å². The van der Waals surface area contributed by atoms with Gasteiger partial charge in [-0.05, 0) is 45.0 Å². The van der Waals surface area contributed by atoms with Gasteiger partial charge in [-0.25, -0.2) is 9.37 Å². The van der Waals surface area contributed by atoms with E-state index >= 15 is 0 Å². The standard InChI is InChI=1S/C19H22FN5/c1-2-25-17-5-3-4-15(20)19(17)23-18(25)13-24-10-6-14(7-11-24)16-12-21-8-9-22-16/h3-5,8-9,12,14H,2,6-7,10-11,13H2,1H3. The molecule has 130 valence electrons. The number of hydrogen-bond donors (Lipinski definition) is 0. The lowest BCUT2D eigenvalue weighted by atomic mass is 9.94. The fraction of sp³-hybridized carbons (Fsp3) is 0.421. The summed E-state index contributed by atoms with van der Waals surface area (Å²) in [4.78, 5) is 15.6. The number of imidazole rings is 1. The van der Waals surface area contributed by atoms with Crippen LogP contribution in [0, 0.1) is 5.82 Å². The summed E-state index contributed by atoms with van der Waals surface area (Å²) in [6, 6.07) is 5.17. The predicted octanol–water partition coefficient (Wildman–Crippen LogP) is 3.36. The molecule has 1 aliphatic rings. The van der Waals surface area contributed by atoms with E-state index in [0.29, 0.717) is 11.4 Å². The first-order chi connectivity index (χ1) is 12.3. The van der Waals surface area contributed by atoms with Crippen LogP contribution in [0.3, 0.4) is 0 Å². The normalized spacial score (nSPS) is 16.6. The minimum atomic E-state index is -0.243. The molecule has 3 heterocycles. The lowest BCUT2D eigenvalue weighted by Crippen LogP contribution is -2.33. The van der Waals surface area contributed by atoms with Crippen LogP contribution in [0.25, 0.3) is 11.0 Å². The topological polar surface area (TPSA) is 46.8 Å². The van der Waals surface area contributed by atoms with Crippen molar-refractivity contribution in [3.05, 3.63) is 54.1 Å². The van der Waals surface area contributed by atoms with Gasteiger partial charge in [-0.15, -0.1) is 0 Å². The third-order valence-electron chi connectivity index (χ3n) is 5.08. The Morgan fingerprint density at radius 1 is 1.20 bits per heavy atom. The fourth-order valence-corrected chi connectivity index (χ4v) is 3.74. The van der Waals surface area contributed by atoms with E-state index < -0.39 is 0 Å². The van der Waals surface area contributed by atoms with E-state index in [0.717, 1.165) is 56.1 Å². The number of piperidine rings is 1. The van der Waals surface area contributed by atoms with Gasteiger partial charge in [0.15, 0.2) is 5.82 Å². The minimum absolute atomic E-state index is 0.243. The highest BCUT2D eigenvalue weighted by molar-refractivity contribution is 5.76. The summed E-state index contributed by atoms with van der Waals surface area (Å²) in [6.07, 6.45) is 7.49. The molecule has 2 aromatic heterocycles. The van der Waals surface area contributed by atoms with Crippen LogP contribution in [0.4, 0.5) is 4.39 Å². The van der Waals surface area contributed by atoms with E-state index in [9.17, 15) is 4.39 Å². The van der Waals surface area contributed by atoms with Gasteiger partial charge in [-0.1, -0.05) is 6.07 Å². The number of aromatic nitrogens is 4. The quantitative estimate of drug-likeness (QED) is 0.731. The number of rotatable bonds is 4. The van der Waals surface area contributed by atoms with Crippen molar-refractivity contribution in [1.29, 1.82) is 0 Å². The van der Waals surface area contributed by atoms with Gasteiger partial charge in [0.05, 0.1) is 17.8 Å². The molecule has 0 N–H and O–H groups in total. The second-order valence-corrected chi connectivity index (χ2v) is 6.56. The van der Waals surface area contributed by atoms with Gasteiger partial charge in [0.2, 0.25) is 0 Å². The van der Waals surface area contributed by atoms with Crippen LogP contribution in [0.5, 0.6) is 0 Å². The maximum absolute atomic E-state index is 14.0. The molecular formula is C19H22FN5. The molecule has 6 heteroatoms. The highest BCUT2D eigenvalue weighted by Crippen LogP contribution is 2.27. The Labute approximate surface area is 146 Å². The molecule has 0 bridgehead atoms. The number of hydrogen-bond acceptors (Lipinski definition) is 4. The zero-order valence-electron chi connectivity index (χ0n) is 14.4. The Hall–Kier alpha value is -2.34. The van der Waals surface area contributed by atoms with E-state index in [1.165, 1.54) is 6.07 Å². The first-order valence-electron chi connectivity index (χ1n) is 8.88. The van der Waals surface area contributed by atoms with Gasteiger partial charge in [0.25, 0.3) is 0 Å². The summed E-state index contributed by atoms with van der Waals surface area (Å²) in [5.74, 6) is 1.18. The van der Waals surface area contributed by atoms with Crippen molar-refractivity contribution < 1.29 is 4.39 Å². The number of halogens is 1. The molecule has 0 saturated carbocycles. The largest absolute Gasteiger partial charge is 0.327 e. The SMILES string of the molecule is CCn1c(CN2CCC(c3cnccn3)CC2)nc2c(F)cccc21. The van der Waals surface area contributed by atoms with Crippen LogP contribution < -0.4 is 0 Å². The molecule has 0 aliphatic carbocycles. The fourth-order valence-electron chi connectivity index (χ4n) is 3.74. The Bertz CT molecular complexity index is 853. The molecule has 4 rings (SSSR count). The van der Waals surface area contributed by atoms with E-state index in [1.807, 2.05) is 12.3 Å². The second kappa shape index (κ2) is 6.88. The Kier molecular flexibility index (Phi) is 4.44. The van der Waals surface area contributed by atoms with E-state index in [1.54, 1.807) is 18.5 Å². The lowest BCUT2D eigenvalue weighted by molar-refractivity contribution is 0.197. The number of para-hydroxylation sites is 1. The first kappa shape index (κ1) is 16.1. The predicted molar refractivity (Wildman–Crippen MR) is 94.6 cm³/mol. The zero-order chi connectivity index (χ0) is 17.2. The molecule has 5 nitrogen and oxygen atoms in total. The van der Waals surface area contributed by atoms with Crippen molar-refractivity contribution in [2.24, 2.45) is 0 Å². The van der Waals surface area contributed by atoms with Gasteiger partial charge < -0.3 is 4.57 Å². The molecule has 1 aliphatic heterocycles. The average molecular weight is 339 g/mol. The van der Waals surface area contributed by atoms with Gasteiger partial charge >= 0.3 is 0 Å². The summed E-state index contributed by atoms with van der Waals surface area (Å²) in [5.41, 5.74) is 2.45. The lowest BCUT2D eigenvalue weighted by Gasteiger charge is -2.31. The van der Waals surface area contributed by atoms with Crippen molar-refractivity contribution in [1.82, 2.24) is 24.4 Å². The number of nitrogens with zero attached hydrogens (tertiary/aromatic N) is 5. The highest BCUT2D eigenvalue weighted by atomic mass is 19.1. The molecule has 1 saturated heterocycles. The maximum atomic E-state index is 14.0. The Morgan fingerprint density at radius 2 is 2.04 bits per heavy atom. The molecule has 0 atom stereocenters. The third-order valence-corrected chi connectivity index (χ3v) is 5.08. The summed E-state index contributed by atoms with van der Waals surface area (Å²) < 4.78 is 16.1. The van der Waals surface area contributed by atoms with Crippen LogP contribution >= 0.6 is 0 Å². The van der Waals surface area contributed by atoms with Crippen molar-refractivity contribution in [3.63, 3.8) is 0 Å². The van der Waals surface area contributed by atoms with Crippen LogP contribution in [0.15, 0.2) is 36.8 Å². The number of likely N-dealkylation sites (tertiary alicyclic amines) is 1. The Morgan fingerprint density at radius 3 is 2.76 bits per heavy atom. The van der Waals surface area contributed by atoms with Gasteiger partial charge in [-0.3, -0.25) is 14.9 Å². The maximum Gasteiger partial charge on any atom is 0.151 e. The Balaban J connectivity index is 1.49. The smallest absolute Gasteiger partial charge is 0.151 e. The van der Waals surface area contributed by atoms with E-state index in [4.69, 9.17) is 0 Å². The second-order valence-electron chi connectivity index (χ2n) is 6.56. The average Bonchev–Trinajstić information content (AvgIpc) is 3.01. The van der Waals surface area contributed by atoms with Gasteiger partial charge in [-0.2, -0.15) is 0 Å². The monoisotopic (exact) mass is 339 g/mol. The molecule has 1 aromatic carbocycles. The van der Waals surface area contributed by atoms with E-state index in [2.05, 4.69) is 31.3 Å². The first-order valence-corrected chi connectivity index (χ1v) is 8.88. The van der Waals surface area contributed by atoms with Crippen LogP contribution in [-0.4, -0.2) is 37.5 Å². The van der Waals surface area contributed by atoms with Crippen molar-refractivity contribution in [3.8, 4) is 0 Å². The molecule has 25 heavy (non-hydrogen) atoms. The van der Waals surface area contributed by atoms with Crippen molar-refractivity contribution >= 4 is 11.0 Å². The molecule has 0 unspecified atom stereocenters. The zero-order valence-corrected chi connectivity index (χ0v) is 14.4. The molecule has 3 aromatic rings. The van der Waals surface area contributed by atoms with E-state index in [-0.39, 0.29) is 5.82 Å². The van der Waals surface area contributed by atoms with Crippen LogP contribution in [0.2, 0.25) is 0 Å². The molecule has 0 amide bonds. The minimum Gasteiger partial charge on any atom is -0.327 e. The third kappa shape index (κ3) is 3.14.